The highest BCUT2D eigenvalue weighted by atomic mass is 16.1. The summed E-state index contributed by atoms with van der Waals surface area (Å²) in [6.07, 6.45) is 3.26. The highest BCUT2D eigenvalue weighted by Crippen LogP contribution is 2.23. The molecule has 0 aliphatic heterocycles. The molecule has 3 heterocycles. The average Bonchev–Trinajstić information content (AvgIpc) is 2.95. The molecule has 0 aromatic carbocycles. The fourth-order valence-electron chi connectivity index (χ4n) is 2.25. The van der Waals surface area contributed by atoms with Gasteiger partial charge in [0.25, 0.3) is 5.91 Å². The predicted octanol–water partition coefficient (Wildman–Crippen LogP) is 2.74. The van der Waals surface area contributed by atoms with Crippen molar-refractivity contribution in [1.82, 2.24) is 20.2 Å². The van der Waals surface area contributed by atoms with Gasteiger partial charge in [0.2, 0.25) is 0 Å². The van der Waals surface area contributed by atoms with Crippen molar-refractivity contribution in [2.24, 2.45) is 0 Å². The van der Waals surface area contributed by atoms with Crippen molar-refractivity contribution < 1.29 is 4.79 Å². The number of H-pyrrole nitrogens is 1. The van der Waals surface area contributed by atoms with Crippen LogP contribution in [0.4, 0.5) is 5.69 Å². The van der Waals surface area contributed by atoms with E-state index >= 15 is 0 Å². The Morgan fingerprint density at radius 1 is 1.18 bits per heavy atom. The van der Waals surface area contributed by atoms with Crippen molar-refractivity contribution in [1.29, 1.82) is 0 Å². The van der Waals surface area contributed by atoms with E-state index in [1.165, 1.54) is 0 Å². The summed E-state index contributed by atoms with van der Waals surface area (Å²) < 4.78 is 0. The number of aryl methyl sites for hydroxylation is 2. The van der Waals surface area contributed by atoms with Gasteiger partial charge in [-0.25, -0.2) is 0 Å². The smallest absolute Gasteiger partial charge is 0.255 e. The summed E-state index contributed by atoms with van der Waals surface area (Å²) in [6, 6.07) is 9.07. The minimum Gasteiger partial charge on any atom is -0.319 e. The molecule has 0 fully saturated rings. The van der Waals surface area contributed by atoms with Gasteiger partial charge >= 0.3 is 0 Å². The fraction of sp³-hybridized carbons (Fsp3) is 0.125. The van der Waals surface area contributed by atoms with Crippen molar-refractivity contribution in [2.75, 3.05) is 5.32 Å². The van der Waals surface area contributed by atoms with Crippen LogP contribution in [-0.2, 0) is 0 Å². The number of nitrogens with zero attached hydrogens (tertiary/aromatic N) is 3. The molecule has 0 spiro atoms. The van der Waals surface area contributed by atoms with E-state index in [1.807, 2.05) is 32.0 Å². The van der Waals surface area contributed by atoms with Crippen LogP contribution in [0.1, 0.15) is 21.7 Å². The third-order valence-electron chi connectivity index (χ3n) is 3.15. The zero-order valence-electron chi connectivity index (χ0n) is 12.3. The normalized spacial score (nSPS) is 10.5. The van der Waals surface area contributed by atoms with E-state index in [-0.39, 0.29) is 5.91 Å². The van der Waals surface area contributed by atoms with Gasteiger partial charge in [0, 0.05) is 23.1 Å². The number of amides is 1. The number of carbonyl (C=O) groups is 1. The number of hydrogen-bond donors (Lipinski definition) is 2. The van der Waals surface area contributed by atoms with Gasteiger partial charge in [-0.05, 0) is 38.1 Å². The van der Waals surface area contributed by atoms with Crippen LogP contribution >= 0.6 is 0 Å². The van der Waals surface area contributed by atoms with Gasteiger partial charge in [-0.15, -0.1) is 0 Å². The molecule has 110 valence electrons. The maximum atomic E-state index is 12.4. The lowest BCUT2D eigenvalue weighted by Crippen LogP contribution is -2.13. The Morgan fingerprint density at radius 2 is 1.95 bits per heavy atom. The SMILES string of the molecule is Cc1cc(C(=O)Nc2cn[nH]c2-c2ccccn2)cc(C)n1. The number of nitrogens with one attached hydrogen (secondary N) is 2. The minimum atomic E-state index is -0.202. The second-order valence-electron chi connectivity index (χ2n) is 4.97. The number of aromatic nitrogens is 4. The van der Waals surface area contributed by atoms with E-state index in [0.29, 0.717) is 16.9 Å². The number of carbonyl (C=O) groups excluding carboxylic acids is 1. The predicted molar refractivity (Wildman–Crippen MR) is 83.5 cm³/mol. The van der Waals surface area contributed by atoms with Crippen LogP contribution < -0.4 is 5.32 Å². The van der Waals surface area contributed by atoms with Crippen LogP contribution in [0.2, 0.25) is 0 Å². The quantitative estimate of drug-likeness (QED) is 0.777. The Hall–Kier alpha value is -3.02. The molecule has 3 aromatic heterocycles. The van der Waals surface area contributed by atoms with E-state index in [4.69, 9.17) is 0 Å². The second kappa shape index (κ2) is 5.77. The molecule has 1 amide bonds. The maximum absolute atomic E-state index is 12.4. The van der Waals surface area contributed by atoms with Crippen molar-refractivity contribution in [2.45, 2.75) is 13.8 Å². The van der Waals surface area contributed by atoms with Crippen molar-refractivity contribution in [3.05, 3.63) is 59.7 Å². The van der Waals surface area contributed by atoms with Gasteiger partial charge in [0.15, 0.2) is 0 Å². The minimum absolute atomic E-state index is 0.202. The van der Waals surface area contributed by atoms with Crippen molar-refractivity contribution in [3.63, 3.8) is 0 Å². The Kier molecular flexibility index (Phi) is 3.65. The Labute approximate surface area is 127 Å². The van der Waals surface area contributed by atoms with E-state index in [2.05, 4.69) is 25.5 Å². The standard InChI is InChI=1S/C16H15N5O/c1-10-7-12(8-11(2)19-10)16(22)20-14-9-18-21-15(14)13-5-3-4-6-17-13/h3-9H,1-2H3,(H,18,21)(H,20,22). The Bertz CT molecular complexity index is 790. The van der Waals surface area contributed by atoms with E-state index in [1.54, 1.807) is 24.5 Å². The summed E-state index contributed by atoms with van der Waals surface area (Å²) >= 11 is 0. The van der Waals surface area contributed by atoms with Crippen LogP contribution in [0.25, 0.3) is 11.4 Å². The first kappa shape index (κ1) is 13.9. The van der Waals surface area contributed by atoms with Gasteiger partial charge in [-0.2, -0.15) is 5.10 Å². The molecule has 0 aliphatic carbocycles. The van der Waals surface area contributed by atoms with Gasteiger partial charge in [0.1, 0.15) is 5.69 Å². The second-order valence-corrected chi connectivity index (χ2v) is 4.97. The lowest BCUT2D eigenvalue weighted by molar-refractivity contribution is 0.102. The monoisotopic (exact) mass is 293 g/mol. The van der Waals surface area contributed by atoms with E-state index in [9.17, 15) is 4.79 Å². The molecule has 3 aromatic rings. The zero-order chi connectivity index (χ0) is 15.5. The largest absolute Gasteiger partial charge is 0.319 e. The molecular weight excluding hydrogens is 278 g/mol. The molecule has 0 unspecified atom stereocenters. The van der Waals surface area contributed by atoms with Crippen LogP contribution in [-0.4, -0.2) is 26.1 Å². The average molecular weight is 293 g/mol. The summed E-state index contributed by atoms with van der Waals surface area (Å²) in [5.41, 5.74) is 4.17. The summed E-state index contributed by atoms with van der Waals surface area (Å²) in [5.74, 6) is -0.202. The number of anilines is 1. The topological polar surface area (TPSA) is 83.6 Å². The number of aromatic amines is 1. The van der Waals surface area contributed by atoms with Gasteiger partial charge < -0.3 is 5.32 Å². The van der Waals surface area contributed by atoms with Crippen LogP contribution in [0.15, 0.2) is 42.7 Å². The summed E-state index contributed by atoms with van der Waals surface area (Å²) in [6.45, 7) is 3.72. The van der Waals surface area contributed by atoms with Crippen molar-refractivity contribution in [3.8, 4) is 11.4 Å². The zero-order valence-corrected chi connectivity index (χ0v) is 12.3. The first-order valence-electron chi connectivity index (χ1n) is 6.85. The lowest BCUT2D eigenvalue weighted by Gasteiger charge is -2.07. The van der Waals surface area contributed by atoms with Gasteiger partial charge in [0.05, 0.1) is 17.6 Å². The molecule has 6 nitrogen and oxygen atoms in total. The fourth-order valence-corrected chi connectivity index (χ4v) is 2.25. The van der Waals surface area contributed by atoms with Gasteiger partial charge in [-0.3, -0.25) is 19.9 Å². The summed E-state index contributed by atoms with van der Waals surface area (Å²) in [5, 5.41) is 9.71. The Balaban J connectivity index is 1.88. The highest BCUT2D eigenvalue weighted by molar-refractivity contribution is 6.05. The molecule has 0 aliphatic rings. The number of rotatable bonds is 3. The molecule has 2 N–H and O–H groups in total. The highest BCUT2D eigenvalue weighted by Gasteiger charge is 2.13. The first-order valence-corrected chi connectivity index (χ1v) is 6.85. The molecule has 22 heavy (non-hydrogen) atoms. The molecule has 3 rings (SSSR count). The lowest BCUT2D eigenvalue weighted by atomic mass is 10.1. The molecule has 0 saturated carbocycles. The summed E-state index contributed by atoms with van der Waals surface area (Å²) in [7, 11) is 0. The number of pyridine rings is 2. The molecule has 0 saturated heterocycles. The van der Waals surface area contributed by atoms with Crippen LogP contribution in [0, 0.1) is 13.8 Å². The molecular formula is C16H15N5O. The first-order chi connectivity index (χ1) is 10.6. The Morgan fingerprint density at radius 3 is 2.64 bits per heavy atom. The van der Waals surface area contributed by atoms with E-state index in [0.717, 1.165) is 17.1 Å². The molecule has 0 bridgehead atoms. The van der Waals surface area contributed by atoms with Crippen LogP contribution in [0.5, 0.6) is 0 Å². The van der Waals surface area contributed by atoms with Crippen molar-refractivity contribution >= 4 is 11.6 Å². The maximum Gasteiger partial charge on any atom is 0.255 e. The molecule has 6 heteroatoms. The molecule has 0 radical (unpaired) electrons. The number of hydrogen-bond acceptors (Lipinski definition) is 4. The summed E-state index contributed by atoms with van der Waals surface area (Å²) in [4.78, 5) is 20.9. The third kappa shape index (κ3) is 2.85. The van der Waals surface area contributed by atoms with E-state index < -0.39 is 0 Å². The third-order valence-corrected chi connectivity index (χ3v) is 3.15. The van der Waals surface area contributed by atoms with Crippen LogP contribution in [0.3, 0.4) is 0 Å². The molecule has 0 atom stereocenters. The van der Waals surface area contributed by atoms with Gasteiger partial charge in [-0.1, -0.05) is 6.07 Å².